The maximum Gasteiger partial charge on any atom is 0.270 e. The number of amides is 2. The smallest absolute Gasteiger partial charge is 0.270 e. The van der Waals surface area contributed by atoms with Gasteiger partial charge in [0.05, 0.1) is 28.8 Å². The Morgan fingerprint density at radius 1 is 0.867 bits per heavy atom. The summed E-state index contributed by atoms with van der Waals surface area (Å²) in [7, 11) is 1.84. The van der Waals surface area contributed by atoms with Gasteiger partial charge < -0.3 is 0 Å². The minimum atomic E-state index is -0.576. The van der Waals surface area contributed by atoms with Crippen LogP contribution in [-0.2, 0) is 0 Å². The highest BCUT2D eigenvalue weighted by Gasteiger charge is 2.38. The van der Waals surface area contributed by atoms with Crippen molar-refractivity contribution in [3.8, 4) is 0 Å². The summed E-state index contributed by atoms with van der Waals surface area (Å²) < 4.78 is 0. The number of hydrogen-bond donors (Lipinski definition) is 0. The van der Waals surface area contributed by atoms with Gasteiger partial charge >= 0.3 is 0 Å². The molecule has 4 rings (SSSR count). The molecule has 0 saturated carbocycles. The third-order valence-electron chi connectivity index (χ3n) is 5.20. The average molecular weight is 401 g/mol. The summed E-state index contributed by atoms with van der Waals surface area (Å²) in [5.74, 6) is -0.970. The van der Waals surface area contributed by atoms with Gasteiger partial charge in [-0.15, -0.1) is 0 Å². The number of fused-ring (bicyclic) bond motifs is 1. The van der Waals surface area contributed by atoms with E-state index in [1.54, 1.807) is 0 Å². The Morgan fingerprint density at radius 2 is 1.40 bits per heavy atom. The van der Waals surface area contributed by atoms with Gasteiger partial charge in [-0.05, 0) is 24.2 Å². The van der Waals surface area contributed by atoms with Crippen molar-refractivity contribution < 1.29 is 14.5 Å². The molecular weight excluding hydrogens is 382 g/mol. The van der Waals surface area contributed by atoms with Crippen LogP contribution in [0.3, 0.4) is 0 Å². The normalized spacial score (nSPS) is 13.2. The zero-order chi connectivity index (χ0) is 21.3. The van der Waals surface area contributed by atoms with E-state index in [0.717, 1.165) is 16.0 Å². The molecule has 3 aromatic carbocycles. The van der Waals surface area contributed by atoms with E-state index in [0.29, 0.717) is 0 Å². The number of carbonyl (C=O) groups is 2. The van der Waals surface area contributed by atoms with E-state index < -0.39 is 16.7 Å². The topological polar surface area (TPSA) is 83.8 Å². The van der Waals surface area contributed by atoms with Crippen molar-refractivity contribution in [1.29, 1.82) is 0 Å². The SMILES string of the molecule is CN(CN1C(=O)c2ccc([N+](=O)[O-])cc2C1=O)C(c1ccccc1)c1ccccc1. The van der Waals surface area contributed by atoms with E-state index >= 15 is 0 Å². The predicted molar refractivity (Wildman–Crippen MR) is 111 cm³/mol. The quantitative estimate of drug-likeness (QED) is 0.356. The predicted octanol–water partition coefficient (Wildman–Crippen LogP) is 3.87. The van der Waals surface area contributed by atoms with Gasteiger partial charge in [-0.3, -0.25) is 29.5 Å². The molecule has 0 saturated heterocycles. The highest BCUT2D eigenvalue weighted by atomic mass is 16.6. The first-order chi connectivity index (χ1) is 14.5. The summed E-state index contributed by atoms with van der Waals surface area (Å²) >= 11 is 0. The van der Waals surface area contributed by atoms with Crippen LogP contribution in [0.25, 0.3) is 0 Å². The van der Waals surface area contributed by atoms with Crippen LogP contribution < -0.4 is 0 Å². The molecule has 0 unspecified atom stereocenters. The minimum Gasteiger partial charge on any atom is -0.277 e. The number of rotatable bonds is 6. The lowest BCUT2D eigenvalue weighted by Gasteiger charge is -2.31. The minimum absolute atomic E-state index is 0.0502. The Labute approximate surface area is 173 Å². The second-order valence-electron chi connectivity index (χ2n) is 7.15. The number of hydrogen-bond acceptors (Lipinski definition) is 5. The van der Waals surface area contributed by atoms with Crippen molar-refractivity contribution in [2.24, 2.45) is 0 Å². The van der Waals surface area contributed by atoms with Crippen molar-refractivity contribution in [3.63, 3.8) is 0 Å². The standard InChI is InChI=1S/C23H19N3O4/c1-24(21(16-8-4-2-5-9-16)17-10-6-3-7-11-17)15-25-22(27)19-13-12-18(26(29)30)14-20(19)23(25)28/h2-14,21H,15H2,1H3. The van der Waals surface area contributed by atoms with Gasteiger partial charge in [-0.2, -0.15) is 0 Å². The van der Waals surface area contributed by atoms with Gasteiger partial charge in [-0.1, -0.05) is 60.7 Å². The van der Waals surface area contributed by atoms with Gasteiger partial charge in [-0.25, -0.2) is 0 Å². The number of benzene rings is 3. The lowest BCUT2D eigenvalue weighted by molar-refractivity contribution is -0.384. The second-order valence-corrected chi connectivity index (χ2v) is 7.15. The Hall–Kier alpha value is -3.84. The number of imide groups is 1. The molecule has 0 aliphatic carbocycles. The zero-order valence-corrected chi connectivity index (χ0v) is 16.3. The van der Waals surface area contributed by atoms with Crippen LogP contribution >= 0.6 is 0 Å². The van der Waals surface area contributed by atoms with Crippen LogP contribution in [0.2, 0.25) is 0 Å². The maximum absolute atomic E-state index is 12.9. The Bertz CT molecular complexity index is 1080. The first-order valence-electron chi connectivity index (χ1n) is 9.42. The molecule has 150 valence electrons. The molecule has 0 bridgehead atoms. The van der Waals surface area contributed by atoms with Crippen LogP contribution in [-0.4, -0.2) is 40.3 Å². The number of nitro groups is 1. The fraction of sp³-hybridized carbons (Fsp3) is 0.130. The summed E-state index contributed by atoms with van der Waals surface area (Å²) in [6.07, 6.45) is 0. The molecule has 7 nitrogen and oxygen atoms in total. The fourth-order valence-electron chi connectivity index (χ4n) is 3.80. The molecule has 1 aliphatic rings. The molecule has 0 atom stereocenters. The van der Waals surface area contributed by atoms with Crippen molar-refractivity contribution >= 4 is 17.5 Å². The van der Waals surface area contributed by atoms with Gasteiger partial charge in [0.15, 0.2) is 0 Å². The monoisotopic (exact) mass is 401 g/mol. The van der Waals surface area contributed by atoms with Crippen LogP contribution in [0.15, 0.2) is 78.9 Å². The first-order valence-corrected chi connectivity index (χ1v) is 9.42. The third-order valence-corrected chi connectivity index (χ3v) is 5.20. The molecule has 0 N–H and O–H groups in total. The molecule has 0 fully saturated rings. The molecule has 2 amide bonds. The van der Waals surface area contributed by atoms with E-state index in [-0.39, 0.29) is 29.5 Å². The Morgan fingerprint density at radius 3 is 1.93 bits per heavy atom. The van der Waals surface area contributed by atoms with E-state index in [1.165, 1.54) is 18.2 Å². The lowest BCUT2D eigenvalue weighted by Crippen LogP contribution is -2.41. The molecule has 0 radical (unpaired) electrons. The molecule has 0 spiro atoms. The van der Waals surface area contributed by atoms with Gasteiger partial charge in [0.2, 0.25) is 0 Å². The molecule has 1 heterocycles. The van der Waals surface area contributed by atoms with Crippen molar-refractivity contribution in [2.75, 3.05) is 13.7 Å². The average Bonchev–Trinajstić information content (AvgIpc) is 3.00. The summed E-state index contributed by atoms with van der Waals surface area (Å²) in [4.78, 5) is 39.2. The molecular formula is C23H19N3O4. The van der Waals surface area contributed by atoms with Gasteiger partial charge in [0.25, 0.3) is 17.5 Å². The maximum atomic E-state index is 12.9. The molecule has 3 aromatic rings. The van der Waals surface area contributed by atoms with Gasteiger partial charge in [0, 0.05) is 12.1 Å². The highest BCUT2D eigenvalue weighted by Crippen LogP contribution is 2.31. The van der Waals surface area contributed by atoms with Crippen LogP contribution in [0.4, 0.5) is 5.69 Å². The molecule has 0 aromatic heterocycles. The van der Waals surface area contributed by atoms with E-state index in [4.69, 9.17) is 0 Å². The molecule has 1 aliphatic heterocycles. The van der Waals surface area contributed by atoms with E-state index in [2.05, 4.69) is 0 Å². The molecule has 30 heavy (non-hydrogen) atoms. The van der Waals surface area contributed by atoms with Crippen molar-refractivity contribution in [3.05, 3.63) is 111 Å². The van der Waals surface area contributed by atoms with E-state index in [1.807, 2.05) is 72.6 Å². The first kappa shape index (κ1) is 19.5. The van der Waals surface area contributed by atoms with Crippen LogP contribution in [0.5, 0.6) is 0 Å². The summed E-state index contributed by atoms with van der Waals surface area (Å²) in [6.45, 7) is 0.0502. The highest BCUT2D eigenvalue weighted by molar-refractivity contribution is 6.21. The van der Waals surface area contributed by atoms with Gasteiger partial charge in [0.1, 0.15) is 0 Å². The molecule has 7 heteroatoms. The second kappa shape index (κ2) is 7.88. The fourth-order valence-corrected chi connectivity index (χ4v) is 3.80. The number of carbonyl (C=O) groups excluding carboxylic acids is 2. The Kier molecular flexibility index (Phi) is 5.12. The summed E-state index contributed by atoms with van der Waals surface area (Å²) in [5.41, 5.74) is 2.10. The number of nitrogens with zero attached hydrogens (tertiary/aromatic N) is 3. The van der Waals surface area contributed by atoms with Crippen molar-refractivity contribution in [2.45, 2.75) is 6.04 Å². The lowest BCUT2D eigenvalue weighted by atomic mass is 9.98. The summed E-state index contributed by atoms with van der Waals surface area (Å²) in [6, 6.07) is 23.2. The number of non-ortho nitro benzene ring substituents is 1. The largest absolute Gasteiger partial charge is 0.277 e. The third kappa shape index (κ3) is 3.46. The number of nitro benzene ring substituents is 1. The summed E-state index contributed by atoms with van der Waals surface area (Å²) in [5, 5.41) is 11.0. The van der Waals surface area contributed by atoms with Crippen molar-refractivity contribution in [1.82, 2.24) is 9.80 Å². The Balaban J connectivity index is 1.64. The van der Waals surface area contributed by atoms with E-state index in [9.17, 15) is 19.7 Å². The van der Waals surface area contributed by atoms with Crippen LogP contribution in [0.1, 0.15) is 37.9 Å². The zero-order valence-electron chi connectivity index (χ0n) is 16.3. The van der Waals surface area contributed by atoms with Crippen LogP contribution in [0, 0.1) is 10.1 Å².